The number of H-pyrrole nitrogens is 2. The molecule has 0 aliphatic carbocycles. The molecule has 7 nitrogen and oxygen atoms in total. The van der Waals surface area contributed by atoms with Crippen LogP contribution in [0, 0.1) is 0 Å². The third-order valence-electron chi connectivity index (χ3n) is 5.52. The van der Waals surface area contributed by atoms with Gasteiger partial charge in [-0.1, -0.05) is 0 Å². The van der Waals surface area contributed by atoms with Crippen molar-refractivity contribution < 1.29 is 19.7 Å². The maximum absolute atomic E-state index is 12.4. The van der Waals surface area contributed by atoms with Gasteiger partial charge in [0.15, 0.2) is 0 Å². The number of phenolic OH excluding ortho intramolecular Hbond substituents is 2. The maximum Gasteiger partial charge on any atom is 0.323 e. The number of aromatic hydroxyl groups is 2. The molecule has 0 saturated heterocycles. The van der Waals surface area contributed by atoms with E-state index in [1.807, 2.05) is 18.5 Å². The molecule has 1 aliphatic rings. The van der Waals surface area contributed by atoms with E-state index in [1.54, 1.807) is 24.3 Å². The van der Waals surface area contributed by atoms with Gasteiger partial charge >= 0.3 is 5.97 Å². The first kappa shape index (κ1) is 16.7. The minimum Gasteiger partial charge on any atom is -0.508 e. The molecule has 3 heterocycles. The van der Waals surface area contributed by atoms with Gasteiger partial charge in [0.05, 0.1) is 13.2 Å². The lowest BCUT2D eigenvalue weighted by atomic mass is 9.94. The summed E-state index contributed by atoms with van der Waals surface area (Å²) in [7, 11) is 1.37. The molecule has 2 aromatic carbocycles. The van der Waals surface area contributed by atoms with Gasteiger partial charge in [-0.05, 0) is 41.5 Å². The predicted octanol–water partition coefficient (Wildman–Crippen LogP) is 2.84. The van der Waals surface area contributed by atoms with Crippen LogP contribution < -0.4 is 5.32 Å². The number of carbonyl (C=O) groups excluding carboxylic acids is 1. The molecule has 2 aromatic heterocycles. The number of carbonyl (C=O) groups is 1. The van der Waals surface area contributed by atoms with Gasteiger partial charge in [-0.2, -0.15) is 0 Å². The third-order valence-corrected chi connectivity index (χ3v) is 5.52. The van der Waals surface area contributed by atoms with E-state index in [2.05, 4.69) is 15.3 Å². The van der Waals surface area contributed by atoms with Gasteiger partial charge in [0.25, 0.3) is 0 Å². The monoisotopic (exact) mass is 377 g/mol. The summed E-state index contributed by atoms with van der Waals surface area (Å²) in [5.41, 5.74) is 4.22. The number of aromatic nitrogens is 2. The van der Waals surface area contributed by atoms with E-state index in [1.165, 1.54) is 7.11 Å². The zero-order valence-electron chi connectivity index (χ0n) is 15.1. The van der Waals surface area contributed by atoms with Crippen LogP contribution >= 0.6 is 0 Å². The first-order valence-corrected chi connectivity index (χ1v) is 9.02. The highest BCUT2D eigenvalue weighted by Crippen LogP contribution is 2.42. The van der Waals surface area contributed by atoms with Crippen molar-refractivity contribution in [3.8, 4) is 11.5 Å². The Bertz CT molecular complexity index is 1220. The molecule has 0 spiro atoms. The lowest BCUT2D eigenvalue weighted by Crippen LogP contribution is -2.40. The molecular weight excluding hydrogens is 358 g/mol. The van der Waals surface area contributed by atoms with Crippen molar-refractivity contribution >= 4 is 27.8 Å². The number of aromatic amines is 2. The van der Waals surface area contributed by atoms with Crippen LogP contribution in [0.4, 0.5) is 0 Å². The zero-order chi connectivity index (χ0) is 19.4. The Hall–Kier alpha value is -3.45. The summed E-state index contributed by atoms with van der Waals surface area (Å²) in [5.74, 6) is -0.0727. The Kier molecular flexibility index (Phi) is 3.60. The summed E-state index contributed by atoms with van der Waals surface area (Å²) in [6.07, 6.45) is 4.15. The molecule has 0 fully saturated rings. The number of benzene rings is 2. The van der Waals surface area contributed by atoms with Crippen molar-refractivity contribution in [2.75, 3.05) is 7.11 Å². The van der Waals surface area contributed by atoms with E-state index in [4.69, 9.17) is 4.74 Å². The Morgan fingerprint density at radius 3 is 2.71 bits per heavy atom. The first-order chi connectivity index (χ1) is 13.6. The molecule has 5 rings (SSSR count). The minimum absolute atomic E-state index is 0.144. The number of fused-ring (bicyclic) bond motifs is 1. The van der Waals surface area contributed by atoms with Crippen LogP contribution in [0.15, 0.2) is 42.7 Å². The zero-order valence-corrected chi connectivity index (χ0v) is 15.1. The molecule has 0 bridgehead atoms. The highest BCUT2D eigenvalue weighted by atomic mass is 16.5. The van der Waals surface area contributed by atoms with Gasteiger partial charge in [0.2, 0.25) is 0 Å². The van der Waals surface area contributed by atoms with Crippen LogP contribution in [-0.4, -0.2) is 39.3 Å². The molecule has 7 heteroatoms. The fraction of sp³-hybridized carbons (Fsp3) is 0.190. The molecule has 1 aliphatic heterocycles. The average molecular weight is 377 g/mol. The number of hydrogen-bond acceptors (Lipinski definition) is 5. The largest absolute Gasteiger partial charge is 0.508 e. The molecule has 2 atom stereocenters. The second-order valence-corrected chi connectivity index (χ2v) is 7.09. The second-order valence-electron chi connectivity index (χ2n) is 7.09. The molecule has 5 N–H and O–H groups in total. The van der Waals surface area contributed by atoms with Gasteiger partial charge in [-0.15, -0.1) is 0 Å². The van der Waals surface area contributed by atoms with Crippen molar-refractivity contribution in [2.45, 2.75) is 18.5 Å². The van der Waals surface area contributed by atoms with Crippen molar-refractivity contribution in [3.63, 3.8) is 0 Å². The molecule has 4 aromatic rings. The summed E-state index contributed by atoms with van der Waals surface area (Å²) in [4.78, 5) is 18.9. The average Bonchev–Trinajstić information content (AvgIpc) is 3.24. The minimum atomic E-state index is -0.581. The second kappa shape index (κ2) is 6.03. The summed E-state index contributed by atoms with van der Waals surface area (Å²) >= 11 is 0. The summed E-state index contributed by atoms with van der Waals surface area (Å²) in [6, 6.07) is 7.51. The standard InChI is InChI=1S/C21H19N3O4/c1-28-21(27)16-6-10-8-22-15-4-5-17(26)19(18(10)15)20(24-16)13-9-23-14-3-2-11(25)7-12(13)14/h2-5,7-9,16,20,22-26H,6H2,1H3/t16-,20+/m0/s1. The molecular formula is C21H19N3O4. The third kappa shape index (κ3) is 2.36. The Balaban J connectivity index is 1.79. The predicted molar refractivity (Wildman–Crippen MR) is 104 cm³/mol. The smallest absolute Gasteiger partial charge is 0.323 e. The highest BCUT2D eigenvalue weighted by molar-refractivity contribution is 5.93. The van der Waals surface area contributed by atoms with Crippen molar-refractivity contribution in [3.05, 3.63) is 59.4 Å². The van der Waals surface area contributed by atoms with Crippen LogP contribution in [0.1, 0.15) is 22.7 Å². The number of nitrogens with one attached hydrogen (secondary N) is 3. The van der Waals surface area contributed by atoms with E-state index >= 15 is 0 Å². The van der Waals surface area contributed by atoms with Gasteiger partial charge in [-0.3, -0.25) is 10.1 Å². The molecule has 0 radical (unpaired) electrons. The van der Waals surface area contributed by atoms with E-state index in [0.29, 0.717) is 12.0 Å². The Morgan fingerprint density at radius 1 is 1.11 bits per heavy atom. The van der Waals surface area contributed by atoms with Gasteiger partial charge in [-0.25, -0.2) is 0 Å². The van der Waals surface area contributed by atoms with E-state index in [-0.39, 0.29) is 17.5 Å². The Morgan fingerprint density at radius 2 is 1.89 bits per heavy atom. The highest BCUT2D eigenvalue weighted by Gasteiger charge is 2.34. The van der Waals surface area contributed by atoms with Crippen LogP contribution in [0.5, 0.6) is 11.5 Å². The quantitative estimate of drug-likeness (QED) is 0.345. The lowest BCUT2D eigenvalue weighted by molar-refractivity contribution is -0.143. The lowest BCUT2D eigenvalue weighted by Gasteiger charge is -2.23. The number of ether oxygens (including phenoxy) is 1. The van der Waals surface area contributed by atoms with Crippen molar-refractivity contribution in [1.29, 1.82) is 0 Å². The van der Waals surface area contributed by atoms with E-state index < -0.39 is 12.1 Å². The fourth-order valence-corrected chi connectivity index (χ4v) is 4.24. The fourth-order valence-electron chi connectivity index (χ4n) is 4.24. The molecule has 0 saturated carbocycles. The van der Waals surface area contributed by atoms with Crippen molar-refractivity contribution in [1.82, 2.24) is 15.3 Å². The normalized spacial score (nSPS) is 19.0. The van der Waals surface area contributed by atoms with Crippen LogP contribution in [0.3, 0.4) is 0 Å². The number of phenols is 2. The van der Waals surface area contributed by atoms with Crippen molar-refractivity contribution in [2.24, 2.45) is 0 Å². The molecule has 0 unspecified atom stereocenters. The number of methoxy groups -OCH3 is 1. The van der Waals surface area contributed by atoms with Gasteiger partial charge in [0, 0.05) is 46.2 Å². The van der Waals surface area contributed by atoms with Crippen LogP contribution in [0.25, 0.3) is 21.8 Å². The number of esters is 1. The number of hydrogen-bond donors (Lipinski definition) is 5. The maximum atomic E-state index is 12.4. The summed E-state index contributed by atoms with van der Waals surface area (Å²) in [6.45, 7) is 0. The van der Waals surface area contributed by atoms with E-state index in [0.717, 1.165) is 32.9 Å². The number of rotatable bonds is 2. The topological polar surface area (TPSA) is 110 Å². The van der Waals surface area contributed by atoms with Crippen LogP contribution in [0.2, 0.25) is 0 Å². The summed E-state index contributed by atoms with van der Waals surface area (Å²) in [5, 5.41) is 25.8. The Labute approximate surface area is 160 Å². The van der Waals surface area contributed by atoms with Gasteiger partial charge in [0.1, 0.15) is 17.5 Å². The molecule has 0 amide bonds. The molecule has 28 heavy (non-hydrogen) atoms. The SMILES string of the molecule is COC(=O)[C@@H]1Cc2c[nH]c3ccc(O)c(c23)[C@@H](c2c[nH]c3ccc(O)cc23)N1. The van der Waals surface area contributed by atoms with Crippen LogP contribution in [-0.2, 0) is 16.0 Å². The van der Waals surface area contributed by atoms with Gasteiger partial charge < -0.3 is 24.9 Å². The molecule has 142 valence electrons. The summed E-state index contributed by atoms with van der Waals surface area (Å²) < 4.78 is 5.00. The van der Waals surface area contributed by atoms with E-state index in [9.17, 15) is 15.0 Å². The first-order valence-electron chi connectivity index (χ1n) is 9.02.